The van der Waals surface area contributed by atoms with Gasteiger partial charge in [-0.3, -0.25) is 9.59 Å². The maximum Gasteiger partial charge on any atom is 0.303 e. The predicted molar refractivity (Wildman–Crippen MR) is 182 cm³/mol. The van der Waals surface area contributed by atoms with Gasteiger partial charge < -0.3 is 14.9 Å². The van der Waals surface area contributed by atoms with Crippen molar-refractivity contribution in [2.24, 2.45) is 5.92 Å². The van der Waals surface area contributed by atoms with Crippen LogP contribution in [0, 0.1) is 5.92 Å². The molecule has 7 nitrogen and oxygen atoms in total. The van der Waals surface area contributed by atoms with E-state index in [1.54, 1.807) is 0 Å². The smallest absolute Gasteiger partial charge is 0.303 e. The first-order chi connectivity index (χ1) is 21.9. The van der Waals surface area contributed by atoms with Gasteiger partial charge in [-0.1, -0.05) is 24.3 Å². The van der Waals surface area contributed by atoms with Crippen LogP contribution in [0.1, 0.15) is 107 Å². The molecular weight excluding hydrogens is 589 g/mol. The number of ether oxygens (including phenoxy) is 1. The molecule has 240 valence electrons. The number of aliphatic carboxylic acids is 2. The maximum absolute atomic E-state index is 13.6. The number of aryl methyl sites for hydroxylation is 1. The molecule has 1 atom stereocenters. The summed E-state index contributed by atoms with van der Waals surface area (Å²) >= 11 is 1.27. The standard InChI is InChI=1S/C34H40NO2.C4H6O4.Na/c1-34(2,3)29-21-20-25(15-7-6-14-24-12-4-5-13-24)22-30(29)35-33(36)23-28-26-16-8-10-18-31(26)37-32-19-11-9-17-27(28)32;5-3(6)1-2-4(7)8;/h6,8-11,16-22,24,28H,4-5,7,12-15,23H2,1-3H3,(H,35,36);1-2H2,(H,5,6)(H,7,8);. The molecule has 3 aromatic carbocycles. The van der Waals surface area contributed by atoms with Crippen LogP contribution in [0.15, 0.2) is 66.7 Å². The van der Waals surface area contributed by atoms with Gasteiger partial charge in [0.05, 0.1) is 12.8 Å². The monoisotopic (exact) mass is 635 g/mol. The van der Waals surface area contributed by atoms with Crippen molar-refractivity contribution >= 4 is 51.5 Å². The number of benzene rings is 3. The molecule has 1 unspecified atom stereocenters. The Bertz CT molecular complexity index is 1450. The molecule has 3 aromatic rings. The summed E-state index contributed by atoms with van der Waals surface area (Å²) in [6, 6.07) is 23.0. The second-order valence-corrected chi connectivity index (χ2v) is 15.6. The number of nitrogens with one attached hydrogen (secondary N) is 1. The number of fused-ring (bicyclic) bond motifs is 2. The molecule has 3 N–H and O–H groups in total. The molecule has 2 aliphatic rings. The molecule has 1 heterocycles. The number of anilines is 1. The fraction of sp³-hybridized carbons (Fsp3) is 0.447. The molecule has 0 aromatic heterocycles. The van der Waals surface area contributed by atoms with Crippen molar-refractivity contribution in [2.75, 3.05) is 5.32 Å². The van der Waals surface area contributed by atoms with Crippen LogP contribution < -0.4 is 10.1 Å². The van der Waals surface area contributed by atoms with Crippen molar-refractivity contribution in [1.29, 1.82) is 0 Å². The number of hydrogen-bond acceptors (Lipinski definition) is 4. The van der Waals surface area contributed by atoms with Crippen molar-refractivity contribution in [3.8, 4) is 11.5 Å². The van der Waals surface area contributed by atoms with Gasteiger partial charge in [0.2, 0.25) is 0 Å². The number of hydrogen-bond donors (Lipinski definition) is 3. The van der Waals surface area contributed by atoms with Gasteiger partial charge in [0.1, 0.15) is 0 Å². The first kappa shape index (κ1) is 35.7. The second-order valence-electron chi connectivity index (χ2n) is 13.9. The molecular formula is C38H46NNaO6. The van der Waals surface area contributed by atoms with Crippen LogP contribution >= 0.6 is 0 Å². The van der Waals surface area contributed by atoms with Gasteiger partial charge >= 0.3 is 218 Å². The van der Waals surface area contributed by atoms with Crippen LogP contribution in [0.2, 0.25) is 3.17 Å². The van der Waals surface area contributed by atoms with Crippen LogP contribution in [0.5, 0.6) is 11.5 Å². The molecule has 46 heavy (non-hydrogen) atoms. The van der Waals surface area contributed by atoms with Gasteiger partial charge in [-0.05, 0) is 12.1 Å². The number of carbonyl (C=O) groups is 3. The summed E-state index contributed by atoms with van der Waals surface area (Å²) in [6.07, 6.45) is 9.32. The fourth-order valence-corrected chi connectivity index (χ4v) is 7.63. The molecule has 8 heteroatoms. The molecule has 0 saturated heterocycles. The average molecular weight is 636 g/mol. The summed E-state index contributed by atoms with van der Waals surface area (Å²) in [4.78, 5) is 32.9. The van der Waals surface area contributed by atoms with E-state index in [-0.39, 0.29) is 30.1 Å². The molecule has 1 fully saturated rings. The molecule has 1 aliphatic carbocycles. The van der Waals surface area contributed by atoms with E-state index >= 15 is 0 Å². The molecule has 0 radical (unpaired) electrons. The second kappa shape index (κ2) is 16.6. The number of carbonyl (C=O) groups excluding carboxylic acids is 1. The first-order valence-corrected chi connectivity index (χ1v) is 17.8. The zero-order valence-corrected chi connectivity index (χ0v) is 29.7. The fourth-order valence-electron chi connectivity index (χ4n) is 6.68. The molecule has 1 saturated carbocycles. The summed E-state index contributed by atoms with van der Waals surface area (Å²) in [6.45, 7) is 6.66. The Hall–Kier alpha value is -3.13. The summed E-state index contributed by atoms with van der Waals surface area (Å²) in [5.41, 5.74) is 5.59. The van der Waals surface area contributed by atoms with E-state index in [2.05, 4.69) is 56.4 Å². The van der Waals surface area contributed by atoms with Crippen LogP contribution in [0.3, 0.4) is 0 Å². The van der Waals surface area contributed by atoms with Crippen LogP contribution in [0.4, 0.5) is 5.69 Å². The summed E-state index contributed by atoms with van der Waals surface area (Å²) < 4.78 is 7.03. The zero-order chi connectivity index (χ0) is 33.3. The van der Waals surface area contributed by atoms with Crippen molar-refractivity contribution in [3.05, 3.63) is 89.0 Å². The first-order valence-electron chi connectivity index (χ1n) is 16.6. The van der Waals surface area contributed by atoms with E-state index in [4.69, 9.17) is 14.9 Å². The van der Waals surface area contributed by atoms with E-state index in [1.807, 2.05) is 36.4 Å². The minimum absolute atomic E-state index is 0.0289. The van der Waals surface area contributed by atoms with E-state index in [0.29, 0.717) is 6.42 Å². The third-order valence-corrected chi connectivity index (χ3v) is 10.1. The predicted octanol–water partition coefficient (Wildman–Crippen LogP) is 8.66. The Morgan fingerprint density at radius 1 is 0.891 bits per heavy atom. The third kappa shape index (κ3) is 10.4. The van der Waals surface area contributed by atoms with Gasteiger partial charge in [-0.2, -0.15) is 0 Å². The quantitative estimate of drug-likeness (QED) is 0.182. The Labute approximate surface area is 290 Å². The zero-order valence-electron chi connectivity index (χ0n) is 27.7. The summed E-state index contributed by atoms with van der Waals surface area (Å²) in [5, 5.41) is 19.1. The maximum atomic E-state index is 13.6. The van der Waals surface area contributed by atoms with Gasteiger partial charge in [-0.15, -0.1) is 0 Å². The number of amides is 1. The SMILES string of the molecule is CC(C)(C)c1ccc(CC[CH]([Na])CC2CCCC2)cc1NC(=O)CC1c2ccccc2Oc2ccccc21.O=C(O)CCC(=O)O. The van der Waals surface area contributed by atoms with E-state index in [1.165, 1.54) is 77.6 Å². The van der Waals surface area contributed by atoms with E-state index in [9.17, 15) is 14.4 Å². The van der Waals surface area contributed by atoms with Crippen molar-refractivity contribution in [2.45, 2.75) is 99.5 Å². The topological polar surface area (TPSA) is 113 Å². The van der Waals surface area contributed by atoms with Gasteiger partial charge in [0, 0.05) is 0 Å². The normalized spacial score (nSPS) is 15.1. The Balaban J connectivity index is 0.000000533. The molecule has 1 aliphatic heterocycles. The number of para-hydroxylation sites is 2. The molecule has 0 spiro atoms. The van der Waals surface area contributed by atoms with Crippen LogP contribution in [-0.2, 0) is 26.2 Å². The van der Waals surface area contributed by atoms with Gasteiger partial charge in [0.15, 0.2) is 0 Å². The van der Waals surface area contributed by atoms with Crippen molar-refractivity contribution < 1.29 is 29.3 Å². The minimum Gasteiger partial charge on any atom is -0.481 e. The summed E-state index contributed by atoms with van der Waals surface area (Å²) in [5.74, 6) is 0.522. The van der Waals surface area contributed by atoms with Crippen LogP contribution in [-0.4, -0.2) is 56.0 Å². The summed E-state index contributed by atoms with van der Waals surface area (Å²) in [7, 11) is 0. The Kier molecular flexibility index (Phi) is 12.9. The molecule has 1 amide bonds. The Morgan fingerprint density at radius 3 is 2.00 bits per heavy atom. The number of carboxylic acid groups (broad SMARTS) is 2. The van der Waals surface area contributed by atoms with Crippen LogP contribution in [0.25, 0.3) is 0 Å². The van der Waals surface area contributed by atoms with Crippen molar-refractivity contribution in [1.82, 2.24) is 0 Å². The average Bonchev–Trinajstić information content (AvgIpc) is 3.52. The van der Waals surface area contributed by atoms with Gasteiger partial charge in [0.25, 0.3) is 0 Å². The van der Waals surface area contributed by atoms with Gasteiger partial charge in [-0.25, -0.2) is 0 Å². The Morgan fingerprint density at radius 2 is 1.46 bits per heavy atom. The largest absolute Gasteiger partial charge is 0.481 e. The number of rotatable bonds is 11. The van der Waals surface area contributed by atoms with E-state index < -0.39 is 11.9 Å². The molecule has 0 bridgehead atoms. The van der Waals surface area contributed by atoms with E-state index in [0.717, 1.165) is 43.8 Å². The van der Waals surface area contributed by atoms with Crippen molar-refractivity contribution in [3.63, 3.8) is 0 Å². The minimum atomic E-state index is -1.08. The number of carboxylic acids is 2. The molecule has 5 rings (SSSR count). The third-order valence-electron chi connectivity index (χ3n) is 9.05.